The molecule has 0 unspecified atom stereocenters. The lowest BCUT2D eigenvalue weighted by Gasteiger charge is -2.09. The van der Waals surface area contributed by atoms with Crippen molar-refractivity contribution in [2.24, 2.45) is 0 Å². The molecule has 0 bridgehead atoms. The molecule has 194 valence electrons. The Morgan fingerprint density at radius 2 is 1.67 bits per heavy atom. The molecule has 0 amide bonds. The Bertz CT molecular complexity index is 1170. The molecule has 3 rings (SSSR count). The zero-order valence-electron chi connectivity index (χ0n) is 20.4. The predicted octanol–water partition coefficient (Wildman–Crippen LogP) is 2.37. The quantitative estimate of drug-likeness (QED) is 0.204. The molecule has 12 heteroatoms. The average Bonchev–Trinajstić information content (AvgIpc) is 3.16. The molecule has 0 radical (unpaired) electrons. The molecule has 11 nitrogen and oxygen atoms in total. The lowest BCUT2D eigenvalue weighted by atomic mass is 10.1. The molecule has 2 N–H and O–H groups in total. The highest BCUT2D eigenvalue weighted by Crippen LogP contribution is 2.25. The maximum absolute atomic E-state index is 12.1. The first kappa shape index (κ1) is 27.7. The van der Waals surface area contributed by atoms with Crippen LogP contribution in [0, 0.1) is 0 Å². The van der Waals surface area contributed by atoms with Gasteiger partial charge in [-0.3, -0.25) is 14.2 Å². The number of halogens is 1. The highest BCUT2D eigenvalue weighted by Gasteiger charge is 2.16. The predicted molar refractivity (Wildman–Crippen MR) is 136 cm³/mol. The number of nitrogens with zero attached hydrogens (tertiary/aromatic N) is 4. The average molecular weight is 564 g/mol. The summed E-state index contributed by atoms with van der Waals surface area (Å²) in [4.78, 5) is 35.9. The van der Waals surface area contributed by atoms with Crippen LogP contribution < -0.4 is 10.5 Å². The summed E-state index contributed by atoms with van der Waals surface area (Å²) in [5.74, 6) is 0.207. The summed E-state index contributed by atoms with van der Waals surface area (Å²) < 4.78 is 23.4. The van der Waals surface area contributed by atoms with Crippen molar-refractivity contribution in [3.63, 3.8) is 0 Å². The summed E-state index contributed by atoms with van der Waals surface area (Å²) in [5, 5.41) is 0. The second-order valence-electron chi connectivity index (χ2n) is 8.03. The minimum atomic E-state index is -0.0424. The minimum absolute atomic E-state index is 0.0141. The van der Waals surface area contributed by atoms with Gasteiger partial charge < -0.3 is 24.7 Å². The first-order valence-electron chi connectivity index (χ1n) is 11.4. The molecule has 2 aromatic heterocycles. The van der Waals surface area contributed by atoms with E-state index < -0.39 is 0 Å². The van der Waals surface area contributed by atoms with Crippen LogP contribution in [-0.2, 0) is 36.8 Å². The number of fused-ring (bicyclic) bond motifs is 1. The van der Waals surface area contributed by atoms with Crippen molar-refractivity contribution in [2.45, 2.75) is 26.3 Å². The number of rotatable bonds is 16. The van der Waals surface area contributed by atoms with Gasteiger partial charge in [0.25, 0.3) is 0 Å². The molecule has 2 heterocycles. The Hall–Kier alpha value is -2.93. The largest absolute Gasteiger partial charge is 0.461 e. The topological polar surface area (TPSA) is 141 Å². The Morgan fingerprint density at radius 3 is 2.36 bits per heavy atom. The third kappa shape index (κ3) is 8.33. The number of anilines is 1. The zero-order valence-corrected chi connectivity index (χ0v) is 22.0. The molecule has 0 atom stereocenters. The van der Waals surface area contributed by atoms with Crippen molar-refractivity contribution in [1.82, 2.24) is 19.5 Å². The lowest BCUT2D eigenvalue weighted by molar-refractivity contribution is -0.126. The SMILES string of the molecule is COCCOc1nc(N)c2nc(Br)n(Cc3ccc(CCC(=O)COCCOCC(C)=O)cc3)c2n1. The number of carbonyl (C=O) groups is 2. The van der Waals surface area contributed by atoms with Gasteiger partial charge in [0.1, 0.15) is 19.8 Å². The van der Waals surface area contributed by atoms with Gasteiger partial charge in [0.05, 0.1) is 26.4 Å². The molecule has 3 aromatic rings. The van der Waals surface area contributed by atoms with E-state index in [-0.39, 0.29) is 49.8 Å². The molecule has 1 aromatic carbocycles. The summed E-state index contributed by atoms with van der Waals surface area (Å²) in [7, 11) is 1.59. The van der Waals surface area contributed by atoms with Crippen molar-refractivity contribution in [3.8, 4) is 6.01 Å². The van der Waals surface area contributed by atoms with Crippen LogP contribution in [0.3, 0.4) is 0 Å². The summed E-state index contributed by atoms with van der Waals surface area (Å²) in [6.45, 7) is 3.34. The van der Waals surface area contributed by atoms with Gasteiger partial charge in [0, 0.05) is 13.5 Å². The van der Waals surface area contributed by atoms with Crippen LogP contribution in [-0.4, -0.2) is 77.8 Å². The summed E-state index contributed by atoms with van der Waals surface area (Å²) >= 11 is 3.48. The molecule has 0 saturated heterocycles. The van der Waals surface area contributed by atoms with E-state index in [0.717, 1.165) is 11.1 Å². The van der Waals surface area contributed by atoms with Crippen LogP contribution in [0.15, 0.2) is 29.0 Å². The number of carbonyl (C=O) groups excluding carboxylic acids is 2. The van der Waals surface area contributed by atoms with Crippen LogP contribution in [0.5, 0.6) is 6.01 Å². The Labute approximate surface area is 217 Å². The highest BCUT2D eigenvalue weighted by molar-refractivity contribution is 9.10. The van der Waals surface area contributed by atoms with Gasteiger partial charge >= 0.3 is 6.01 Å². The van der Waals surface area contributed by atoms with E-state index in [1.54, 1.807) is 7.11 Å². The van der Waals surface area contributed by atoms with E-state index in [2.05, 4.69) is 30.9 Å². The number of methoxy groups -OCH3 is 1. The summed E-state index contributed by atoms with van der Waals surface area (Å²) in [6.07, 6.45) is 1.00. The fourth-order valence-electron chi connectivity index (χ4n) is 3.27. The second kappa shape index (κ2) is 14.0. The third-order valence-corrected chi connectivity index (χ3v) is 5.68. The monoisotopic (exact) mass is 563 g/mol. The number of Topliss-reactive ketones (excluding diaryl/α,β-unsaturated/α-hetero) is 2. The number of nitrogens with two attached hydrogens (primary N) is 1. The second-order valence-corrected chi connectivity index (χ2v) is 8.74. The van der Waals surface area contributed by atoms with Gasteiger partial charge in [-0.25, -0.2) is 4.98 Å². The van der Waals surface area contributed by atoms with E-state index >= 15 is 0 Å². The number of aromatic nitrogens is 4. The molecular weight excluding hydrogens is 534 g/mol. The first-order valence-corrected chi connectivity index (χ1v) is 12.2. The number of hydrogen-bond acceptors (Lipinski definition) is 10. The smallest absolute Gasteiger partial charge is 0.320 e. The fourth-order valence-corrected chi connectivity index (χ4v) is 3.74. The Morgan fingerprint density at radius 1 is 0.972 bits per heavy atom. The lowest BCUT2D eigenvalue weighted by Crippen LogP contribution is -2.14. The van der Waals surface area contributed by atoms with E-state index in [4.69, 9.17) is 24.7 Å². The van der Waals surface area contributed by atoms with E-state index in [1.165, 1.54) is 6.92 Å². The summed E-state index contributed by atoms with van der Waals surface area (Å²) in [5.41, 5.74) is 9.19. The van der Waals surface area contributed by atoms with Crippen LogP contribution >= 0.6 is 15.9 Å². The third-order valence-electron chi connectivity index (χ3n) is 5.07. The summed E-state index contributed by atoms with van der Waals surface area (Å²) in [6, 6.07) is 8.16. The standard InChI is InChI=1S/C24H30BrN5O6/c1-16(31)14-34-10-11-35-15-19(32)8-7-17-3-5-18(6-4-17)13-30-22-20(27-23(30)25)21(26)28-24(29-22)36-12-9-33-2/h3-6H,7-15H2,1-2H3,(H2,26,28,29). The van der Waals surface area contributed by atoms with Gasteiger partial charge in [-0.05, 0) is 40.4 Å². The first-order chi connectivity index (χ1) is 17.4. The number of ether oxygens (including phenoxy) is 4. The number of hydrogen-bond donors (Lipinski definition) is 1. The number of ketones is 2. The maximum atomic E-state index is 12.1. The molecule has 0 fully saturated rings. The van der Waals surface area contributed by atoms with E-state index in [1.807, 2.05) is 28.8 Å². The number of benzene rings is 1. The molecule has 36 heavy (non-hydrogen) atoms. The normalized spacial score (nSPS) is 11.2. The molecule has 0 aliphatic heterocycles. The van der Waals surface area contributed by atoms with Crippen molar-refractivity contribution >= 4 is 44.5 Å². The van der Waals surface area contributed by atoms with E-state index in [9.17, 15) is 9.59 Å². The molecule has 0 saturated carbocycles. The van der Waals surface area contributed by atoms with Crippen molar-refractivity contribution in [1.29, 1.82) is 0 Å². The van der Waals surface area contributed by atoms with Crippen LogP contribution in [0.1, 0.15) is 24.5 Å². The van der Waals surface area contributed by atoms with Crippen LogP contribution in [0.2, 0.25) is 0 Å². The van der Waals surface area contributed by atoms with Crippen LogP contribution in [0.4, 0.5) is 5.82 Å². The molecule has 0 spiro atoms. The zero-order chi connectivity index (χ0) is 25.9. The van der Waals surface area contributed by atoms with Gasteiger partial charge in [0.15, 0.2) is 33.3 Å². The minimum Gasteiger partial charge on any atom is -0.461 e. The van der Waals surface area contributed by atoms with Gasteiger partial charge in [-0.1, -0.05) is 24.3 Å². The fraction of sp³-hybridized carbons (Fsp3) is 0.458. The maximum Gasteiger partial charge on any atom is 0.320 e. The van der Waals surface area contributed by atoms with Gasteiger partial charge in [0.2, 0.25) is 0 Å². The number of aryl methyl sites for hydroxylation is 1. The van der Waals surface area contributed by atoms with Crippen LogP contribution in [0.25, 0.3) is 11.2 Å². The highest BCUT2D eigenvalue weighted by atomic mass is 79.9. The van der Waals surface area contributed by atoms with Gasteiger partial charge in [-0.15, -0.1) is 0 Å². The number of nitrogen functional groups attached to an aromatic ring is 1. The Balaban J connectivity index is 1.53. The van der Waals surface area contributed by atoms with Gasteiger partial charge in [-0.2, -0.15) is 9.97 Å². The molecular formula is C24H30BrN5O6. The Kier molecular flexibility index (Phi) is 10.7. The van der Waals surface area contributed by atoms with Crippen molar-refractivity contribution in [3.05, 3.63) is 40.1 Å². The molecule has 0 aliphatic carbocycles. The van der Waals surface area contributed by atoms with E-state index in [0.29, 0.717) is 48.5 Å². The number of imidazole rings is 1. The van der Waals surface area contributed by atoms with Crippen molar-refractivity contribution < 1.29 is 28.5 Å². The molecule has 0 aliphatic rings. The van der Waals surface area contributed by atoms with Crippen molar-refractivity contribution in [2.75, 3.05) is 52.5 Å².